The molecule has 0 radical (unpaired) electrons. The van der Waals surface area contributed by atoms with Gasteiger partial charge in [-0.05, 0) is 18.2 Å². The van der Waals surface area contributed by atoms with Crippen LogP contribution in [0.1, 0.15) is 11.3 Å². The van der Waals surface area contributed by atoms with Crippen LogP contribution in [0.4, 0.5) is 13.6 Å². The number of benzene rings is 1. The van der Waals surface area contributed by atoms with Gasteiger partial charge in [-0.25, -0.2) is 18.6 Å². The molecule has 2 heterocycles. The van der Waals surface area contributed by atoms with E-state index in [-0.39, 0.29) is 18.1 Å². The van der Waals surface area contributed by atoms with Crippen molar-refractivity contribution in [1.82, 2.24) is 19.6 Å². The fraction of sp³-hybridized carbons (Fsp3) is 0.222. The molecule has 0 atom stereocenters. The normalized spacial score (nSPS) is 10.8. The maximum atomic E-state index is 13.6. The lowest BCUT2D eigenvalue weighted by Gasteiger charge is -2.18. The van der Waals surface area contributed by atoms with Gasteiger partial charge >= 0.3 is 6.03 Å². The molecule has 0 aliphatic heterocycles. The molecule has 7 heteroatoms. The number of nitrogens with zero attached hydrogens (tertiary/aromatic N) is 3. The summed E-state index contributed by atoms with van der Waals surface area (Å²) in [6.07, 6.45) is 4.42. The zero-order chi connectivity index (χ0) is 17.8. The number of hydrogen-bond donors (Lipinski definition) is 1. The lowest BCUT2D eigenvalue weighted by Crippen LogP contribution is -2.38. The van der Waals surface area contributed by atoms with Gasteiger partial charge in [0.15, 0.2) is 0 Å². The van der Waals surface area contributed by atoms with Crippen LogP contribution in [0.25, 0.3) is 5.65 Å². The number of carbonyl (C=O) groups excluding carboxylic acids is 1. The number of carbonyl (C=O) groups is 1. The highest BCUT2D eigenvalue weighted by atomic mass is 19.1. The van der Waals surface area contributed by atoms with Crippen LogP contribution >= 0.6 is 0 Å². The SMILES string of the molecule is CN(Cc1ccc(F)cc1F)C(=O)NCCc1cn2ccccc2n1. The van der Waals surface area contributed by atoms with Crippen molar-refractivity contribution >= 4 is 11.7 Å². The predicted octanol–water partition coefficient (Wildman–Crippen LogP) is 3.00. The molecule has 0 aliphatic rings. The van der Waals surface area contributed by atoms with Crippen molar-refractivity contribution in [2.45, 2.75) is 13.0 Å². The minimum Gasteiger partial charge on any atom is -0.338 e. The second kappa shape index (κ2) is 7.29. The zero-order valence-corrected chi connectivity index (χ0v) is 13.7. The van der Waals surface area contributed by atoms with Crippen LogP contribution in [0.15, 0.2) is 48.8 Å². The molecule has 2 amide bonds. The van der Waals surface area contributed by atoms with Gasteiger partial charge in [-0.15, -0.1) is 0 Å². The molecule has 0 aliphatic carbocycles. The second-order valence-corrected chi connectivity index (χ2v) is 5.77. The van der Waals surface area contributed by atoms with Crippen molar-refractivity contribution in [2.24, 2.45) is 0 Å². The Morgan fingerprint density at radius 3 is 2.88 bits per heavy atom. The van der Waals surface area contributed by atoms with E-state index in [4.69, 9.17) is 0 Å². The summed E-state index contributed by atoms with van der Waals surface area (Å²) in [5, 5.41) is 2.77. The molecule has 0 saturated carbocycles. The van der Waals surface area contributed by atoms with E-state index in [1.807, 2.05) is 35.0 Å². The van der Waals surface area contributed by atoms with E-state index >= 15 is 0 Å². The molecule has 0 saturated heterocycles. The van der Waals surface area contributed by atoms with E-state index < -0.39 is 11.6 Å². The number of nitrogens with one attached hydrogen (secondary N) is 1. The Morgan fingerprint density at radius 1 is 1.28 bits per heavy atom. The van der Waals surface area contributed by atoms with Crippen molar-refractivity contribution < 1.29 is 13.6 Å². The van der Waals surface area contributed by atoms with Crippen LogP contribution in [-0.2, 0) is 13.0 Å². The van der Waals surface area contributed by atoms with Gasteiger partial charge in [0.05, 0.1) is 5.69 Å². The van der Waals surface area contributed by atoms with Gasteiger partial charge in [0, 0.05) is 50.6 Å². The van der Waals surface area contributed by atoms with Crippen molar-refractivity contribution in [3.63, 3.8) is 0 Å². The summed E-state index contributed by atoms with van der Waals surface area (Å²) < 4.78 is 28.5. The third-order valence-electron chi connectivity index (χ3n) is 3.84. The summed E-state index contributed by atoms with van der Waals surface area (Å²) in [7, 11) is 1.56. The number of amides is 2. The zero-order valence-electron chi connectivity index (χ0n) is 13.7. The third-order valence-corrected chi connectivity index (χ3v) is 3.84. The fourth-order valence-corrected chi connectivity index (χ4v) is 2.52. The molecular formula is C18H18F2N4O. The van der Waals surface area contributed by atoms with Crippen molar-refractivity contribution in [1.29, 1.82) is 0 Å². The smallest absolute Gasteiger partial charge is 0.317 e. The first-order valence-electron chi connectivity index (χ1n) is 7.88. The van der Waals surface area contributed by atoms with E-state index in [9.17, 15) is 13.6 Å². The number of hydrogen-bond acceptors (Lipinski definition) is 2. The monoisotopic (exact) mass is 344 g/mol. The highest BCUT2D eigenvalue weighted by molar-refractivity contribution is 5.73. The highest BCUT2D eigenvalue weighted by Crippen LogP contribution is 2.11. The number of halogens is 2. The Hall–Kier alpha value is -2.96. The average molecular weight is 344 g/mol. The Morgan fingerprint density at radius 2 is 2.12 bits per heavy atom. The number of urea groups is 1. The summed E-state index contributed by atoms with van der Waals surface area (Å²) in [5.74, 6) is -1.30. The van der Waals surface area contributed by atoms with Crippen LogP contribution in [0.5, 0.6) is 0 Å². The van der Waals surface area contributed by atoms with E-state index in [0.29, 0.717) is 13.0 Å². The molecule has 0 fully saturated rings. The first-order chi connectivity index (χ1) is 12.0. The molecule has 130 valence electrons. The topological polar surface area (TPSA) is 49.6 Å². The quantitative estimate of drug-likeness (QED) is 0.774. The molecule has 1 aromatic carbocycles. The number of rotatable bonds is 5. The van der Waals surface area contributed by atoms with Crippen LogP contribution in [0.3, 0.4) is 0 Å². The van der Waals surface area contributed by atoms with E-state index in [0.717, 1.165) is 17.4 Å². The Balaban J connectivity index is 1.51. The Bertz CT molecular complexity index is 861. The lowest BCUT2D eigenvalue weighted by atomic mass is 10.2. The number of pyridine rings is 1. The first-order valence-corrected chi connectivity index (χ1v) is 7.88. The molecule has 0 bridgehead atoms. The van der Waals surface area contributed by atoms with Crippen LogP contribution in [0, 0.1) is 11.6 Å². The van der Waals surface area contributed by atoms with Gasteiger partial charge in [-0.3, -0.25) is 0 Å². The molecular weight excluding hydrogens is 326 g/mol. The van der Waals surface area contributed by atoms with Gasteiger partial charge in [-0.1, -0.05) is 12.1 Å². The maximum absolute atomic E-state index is 13.6. The summed E-state index contributed by atoms with van der Waals surface area (Å²) in [5.41, 5.74) is 1.99. The molecule has 1 N–H and O–H groups in total. The predicted molar refractivity (Wildman–Crippen MR) is 90.1 cm³/mol. The Kier molecular flexibility index (Phi) is 4.92. The standard InChI is InChI=1S/C18H18F2N4O/c1-23(11-13-5-6-14(19)10-16(13)20)18(25)21-8-7-15-12-24-9-3-2-4-17(24)22-15/h2-6,9-10,12H,7-8,11H2,1H3,(H,21,25). The summed E-state index contributed by atoms with van der Waals surface area (Å²) >= 11 is 0. The molecule has 3 rings (SSSR count). The minimum atomic E-state index is -0.663. The van der Waals surface area contributed by atoms with E-state index in [1.165, 1.54) is 17.0 Å². The maximum Gasteiger partial charge on any atom is 0.317 e. The largest absolute Gasteiger partial charge is 0.338 e. The van der Waals surface area contributed by atoms with E-state index in [1.54, 1.807) is 7.05 Å². The van der Waals surface area contributed by atoms with Crippen LogP contribution < -0.4 is 5.32 Å². The average Bonchev–Trinajstić information content (AvgIpc) is 3.00. The molecule has 25 heavy (non-hydrogen) atoms. The third kappa shape index (κ3) is 4.12. The second-order valence-electron chi connectivity index (χ2n) is 5.77. The van der Waals surface area contributed by atoms with E-state index in [2.05, 4.69) is 10.3 Å². The molecule has 5 nitrogen and oxygen atoms in total. The van der Waals surface area contributed by atoms with Gasteiger partial charge in [0.1, 0.15) is 17.3 Å². The number of aromatic nitrogens is 2. The van der Waals surface area contributed by atoms with Gasteiger partial charge in [0.25, 0.3) is 0 Å². The number of fused-ring (bicyclic) bond motifs is 1. The van der Waals surface area contributed by atoms with Crippen LogP contribution in [-0.4, -0.2) is 33.9 Å². The Labute approximate surface area is 143 Å². The molecule has 0 unspecified atom stereocenters. The lowest BCUT2D eigenvalue weighted by molar-refractivity contribution is 0.206. The van der Waals surface area contributed by atoms with Crippen LogP contribution in [0.2, 0.25) is 0 Å². The highest BCUT2D eigenvalue weighted by Gasteiger charge is 2.12. The van der Waals surface area contributed by atoms with Crippen molar-refractivity contribution in [3.8, 4) is 0 Å². The number of imidazole rings is 1. The fourth-order valence-electron chi connectivity index (χ4n) is 2.52. The molecule has 0 spiro atoms. The summed E-state index contributed by atoms with van der Waals surface area (Å²) in [6.45, 7) is 0.477. The van der Waals surface area contributed by atoms with Gasteiger partial charge in [-0.2, -0.15) is 0 Å². The molecule has 2 aromatic heterocycles. The van der Waals surface area contributed by atoms with Crippen molar-refractivity contribution in [2.75, 3.05) is 13.6 Å². The van der Waals surface area contributed by atoms with Gasteiger partial charge < -0.3 is 14.6 Å². The summed E-state index contributed by atoms with van der Waals surface area (Å²) in [4.78, 5) is 17.9. The van der Waals surface area contributed by atoms with Crippen molar-refractivity contribution in [3.05, 3.63) is 71.7 Å². The van der Waals surface area contributed by atoms with Gasteiger partial charge in [0.2, 0.25) is 0 Å². The summed E-state index contributed by atoms with van der Waals surface area (Å²) in [6, 6.07) is 8.74. The molecule has 3 aromatic rings. The minimum absolute atomic E-state index is 0.0618. The first kappa shape index (κ1) is 16.9.